The van der Waals surface area contributed by atoms with Gasteiger partial charge in [-0.1, -0.05) is 0 Å². The highest BCUT2D eigenvalue weighted by Crippen LogP contribution is 2.16. The minimum Gasteiger partial charge on any atom is -0.497 e. The summed E-state index contributed by atoms with van der Waals surface area (Å²) >= 11 is 0. The SMILES string of the molecule is COc1ccc(NC(=O)C(C)OC(=O)c2ccc(-n3c(C)c[nH]c3=O)cc2)cc1. The van der Waals surface area contributed by atoms with Gasteiger partial charge in [-0.15, -0.1) is 0 Å². The molecule has 0 bridgehead atoms. The summed E-state index contributed by atoms with van der Waals surface area (Å²) in [4.78, 5) is 39.0. The molecule has 1 aromatic heterocycles. The van der Waals surface area contributed by atoms with Crippen molar-refractivity contribution in [1.29, 1.82) is 0 Å². The lowest BCUT2D eigenvalue weighted by molar-refractivity contribution is -0.123. The van der Waals surface area contributed by atoms with E-state index in [9.17, 15) is 14.4 Å². The maximum atomic E-state index is 12.3. The Kier molecular flexibility index (Phi) is 5.82. The second kappa shape index (κ2) is 8.47. The Morgan fingerprint density at radius 2 is 1.72 bits per heavy atom. The number of imidazole rings is 1. The summed E-state index contributed by atoms with van der Waals surface area (Å²) in [6.45, 7) is 3.29. The monoisotopic (exact) mass is 395 g/mol. The lowest BCUT2D eigenvalue weighted by Crippen LogP contribution is -2.30. The standard InChI is InChI=1S/C21H21N3O5/c1-13-12-22-21(27)24(13)17-8-4-15(5-9-17)20(26)29-14(2)19(25)23-16-6-10-18(28-3)11-7-16/h4-12,14H,1-3H3,(H,22,27)(H,23,25). The fourth-order valence-electron chi connectivity index (χ4n) is 2.72. The van der Waals surface area contributed by atoms with Crippen LogP contribution in [-0.4, -0.2) is 34.6 Å². The third-order valence-electron chi connectivity index (χ3n) is 4.33. The lowest BCUT2D eigenvalue weighted by atomic mass is 10.2. The van der Waals surface area contributed by atoms with E-state index in [-0.39, 0.29) is 11.3 Å². The van der Waals surface area contributed by atoms with E-state index in [4.69, 9.17) is 9.47 Å². The molecular formula is C21H21N3O5. The largest absolute Gasteiger partial charge is 0.497 e. The number of esters is 1. The molecule has 150 valence electrons. The number of benzene rings is 2. The number of hydrogen-bond donors (Lipinski definition) is 2. The van der Waals surface area contributed by atoms with Crippen LogP contribution in [0, 0.1) is 6.92 Å². The van der Waals surface area contributed by atoms with Crippen LogP contribution < -0.4 is 15.7 Å². The second-order valence-corrected chi connectivity index (χ2v) is 6.38. The quantitative estimate of drug-likeness (QED) is 0.625. The van der Waals surface area contributed by atoms with Crippen molar-refractivity contribution in [2.75, 3.05) is 12.4 Å². The summed E-state index contributed by atoms with van der Waals surface area (Å²) in [6.07, 6.45) is 0.618. The number of aromatic amines is 1. The van der Waals surface area contributed by atoms with Gasteiger partial charge in [0.2, 0.25) is 0 Å². The van der Waals surface area contributed by atoms with Crippen LogP contribution in [-0.2, 0) is 9.53 Å². The maximum Gasteiger partial charge on any atom is 0.338 e. The number of hydrogen-bond acceptors (Lipinski definition) is 5. The second-order valence-electron chi connectivity index (χ2n) is 6.38. The fourth-order valence-corrected chi connectivity index (χ4v) is 2.72. The van der Waals surface area contributed by atoms with Crippen LogP contribution in [0.25, 0.3) is 5.69 Å². The van der Waals surface area contributed by atoms with E-state index in [1.54, 1.807) is 68.8 Å². The van der Waals surface area contributed by atoms with Gasteiger partial charge in [-0.3, -0.25) is 9.36 Å². The van der Waals surface area contributed by atoms with Gasteiger partial charge in [0.25, 0.3) is 5.91 Å². The van der Waals surface area contributed by atoms with Crippen LogP contribution in [0.5, 0.6) is 5.75 Å². The van der Waals surface area contributed by atoms with Gasteiger partial charge >= 0.3 is 11.7 Å². The molecule has 0 spiro atoms. The van der Waals surface area contributed by atoms with E-state index in [0.717, 1.165) is 5.69 Å². The average Bonchev–Trinajstić information content (AvgIpc) is 3.06. The van der Waals surface area contributed by atoms with Gasteiger partial charge in [0, 0.05) is 17.6 Å². The van der Waals surface area contributed by atoms with E-state index in [1.807, 2.05) is 0 Å². The van der Waals surface area contributed by atoms with Gasteiger partial charge in [-0.2, -0.15) is 0 Å². The highest BCUT2D eigenvalue weighted by Gasteiger charge is 2.19. The number of methoxy groups -OCH3 is 1. The van der Waals surface area contributed by atoms with Crippen LogP contribution in [0.4, 0.5) is 5.69 Å². The number of amides is 1. The number of H-pyrrole nitrogens is 1. The minimum atomic E-state index is -0.987. The van der Waals surface area contributed by atoms with Gasteiger partial charge in [0.15, 0.2) is 6.10 Å². The molecule has 1 unspecified atom stereocenters. The first-order valence-corrected chi connectivity index (χ1v) is 8.92. The number of aryl methyl sites for hydroxylation is 1. The number of aromatic nitrogens is 2. The van der Waals surface area contributed by atoms with Crippen molar-refractivity contribution >= 4 is 17.6 Å². The predicted octanol–water partition coefficient (Wildman–Crippen LogP) is 2.67. The first-order chi connectivity index (χ1) is 13.9. The zero-order chi connectivity index (χ0) is 21.0. The van der Waals surface area contributed by atoms with E-state index in [0.29, 0.717) is 17.1 Å². The molecule has 0 aliphatic rings. The molecule has 1 amide bonds. The Balaban J connectivity index is 1.62. The first kappa shape index (κ1) is 19.9. The summed E-state index contributed by atoms with van der Waals surface area (Å²) in [5.41, 5.74) is 1.95. The number of anilines is 1. The number of rotatable bonds is 6. The molecule has 8 nitrogen and oxygen atoms in total. The van der Waals surface area contributed by atoms with Gasteiger partial charge < -0.3 is 19.8 Å². The average molecular weight is 395 g/mol. The van der Waals surface area contributed by atoms with E-state index < -0.39 is 18.0 Å². The molecule has 0 aliphatic heterocycles. The smallest absolute Gasteiger partial charge is 0.338 e. The van der Waals surface area contributed by atoms with E-state index in [1.165, 1.54) is 11.5 Å². The van der Waals surface area contributed by atoms with Gasteiger partial charge in [0.1, 0.15) is 5.75 Å². The number of nitrogens with one attached hydrogen (secondary N) is 2. The van der Waals surface area contributed by atoms with Crippen molar-refractivity contribution < 1.29 is 19.1 Å². The molecule has 2 aromatic carbocycles. The lowest BCUT2D eigenvalue weighted by Gasteiger charge is -2.14. The molecule has 3 rings (SSSR count). The molecule has 29 heavy (non-hydrogen) atoms. The number of carbonyl (C=O) groups is 2. The maximum absolute atomic E-state index is 12.3. The van der Waals surface area contributed by atoms with Crippen LogP contribution in [0.15, 0.2) is 59.5 Å². The summed E-state index contributed by atoms with van der Waals surface area (Å²) in [5.74, 6) is -0.412. The summed E-state index contributed by atoms with van der Waals surface area (Å²) in [7, 11) is 1.55. The van der Waals surface area contributed by atoms with Crippen molar-refractivity contribution in [1.82, 2.24) is 9.55 Å². The third kappa shape index (κ3) is 4.55. The van der Waals surface area contributed by atoms with Crippen molar-refractivity contribution in [3.8, 4) is 11.4 Å². The third-order valence-corrected chi connectivity index (χ3v) is 4.33. The topological polar surface area (TPSA) is 102 Å². The van der Waals surface area contributed by atoms with Crippen molar-refractivity contribution in [2.24, 2.45) is 0 Å². The summed E-state index contributed by atoms with van der Waals surface area (Å²) in [5, 5.41) is 2.68. The van der Waals surface area contributed by atoms with Crippen molar-refractivity contribution in [2.45, 2.75) is 20.0 Å². The molecule has 1 heterocycles. The normalized spacial score (nSPS) is 11.6. The molecule has 2 N–H and O–H groups in total. The van der Waals surface area contributed by atoms with E-state index in [2.05, 4.69) is 10.3 Å². The molecular weight excluding hydrogens is 374 g/mol. The van der Waals surface area contributed by atoms with Crippen LogP contribution in [0.1, 0.15) is 23.0 Å². The Morgan fingerprint density at radius 3 is 2.28 bits per heavy atom. The highest BCUT2D eigenvalue weighted by molar-refractivity contribution is 5.97. The molecule has 8 heteroatoms. The molecule has 0 saturated carbocycles. The Hall–Kier alpha value is -3.81. The summed E-state index contributed by atoms with van der Waals surface area (Å²) in [6, 6.07) is 13.2. The Labute approximate surface area is 167 Å². The molecule has 0 fully saturated rings. The zero-order valence-electron chi connectivity index (χ0n) is 16.3. The van der Waals surface area contributed by atoms with Gasteiger partial charge in [0.05, 0.1) is 18.4 Å². The Bertz CT molecular complexity index is 1060. The zero-order valence-corrected chi connectivity index (χ0v) is 16.3. The predicted molar refractivity (Wildman–Crippen MR) is 108 cm³/mol. The highest BCUT2D eigenvalue weighted by atomic mass is 16.5. The van der Waals surface area contributed by atoms with Gasteiger partial charge in [-0.25, -0.2) is 9.59 Å². The number of carbonyl (C=O) groups excluding carboxylic acids is 2. The van der Waals surface area contributed by atoms with Crippen LogP contribution in [0.3, 0.4) is 0 Å². The summed E-state index contributed by atoms with van der Waals surface area (Å²) < 4.78 is 11.8. The van der Waals surface area contributed by atoms with Crippen LogP contribution in [0.2, 0.25) is 0 Å². The fraction of sp³-hybridized carbons (Fsp3) is 0.190. The first-order valence-electron chi connectivity index (χ1n) is 8.92. The molecule has 3 aromatic rings. The van der Waals surface area contributed by atoms with Crippen molar-refractivity contribution in [3.05, 3.63) is 76.5 Å². The molecule has 0 saturated heterocycles. The van der Waals surface area contributed by atoms with Crippen molar-refractivity contribution in [3.63, 3.8) is 0 Å². The Morgan fingerprint density at radius 1 is 1.07 bits per heavy atom. The molecule has 0 aliphatic carbocycles. The molecule has 1 atom stereocenters. The minimum absolute atomic E-state index is 0.262. The number of ether oxygens (including phenoxy) is 2. The van der Waals surface area contributed by atoms with E-state index >= 15 is 0 Å². The number of nitrogens with zero attached hydrogens (tertiary/aromatic N) is 1. The van der Waals surface area contributed by atoms with Gasteiger partial charge in [-0.05, 0) is 62.4 Å². The molecule has 0 radical (unpaired) electrons. The van der Waals surface area contributed by atoms with Crippen LogP contribution >= 0.6 is 0 Å².